The molecule has 1 aromatic rings. The normalized spacial score (nSPS) is 19.8. The van der Waals surface area contributed by atoms with E-state index in [0.29, 0.717) is 18.5 Å². The number of methoxy groups -OCH3 is 1. The Balaban J connectivity index is 1.92. The predicted molar refractivity (Wildman–Crippen MR) is 92.4 cm³/mol. The lowest BCUT2D eigenvalue weighted by atomic mass is 9.97. The van der Waals surface area contributed by atoms with Crippen LogP contribution in [0.2, 0.25) is 0 Å². The topological polar surface area (TPSA) is 94.2 Å². The van der Waals surface area contributed by atoms with Crippen LogP contribution in [-0.2, 0) is 16.4 Å². The van der Waals surface area contributed by atoms with Crippen LogP contribution in [-0.4, -0.2) is 52.8 Å². The van der Waals surface area contributed by atoms with Crippen LogP contribution in [0.25, 0.3) is 0 Å². The second kappa shape index (κ2) is 6.31. The Bertz CT molecular complexity index is 861. The molecule has 2 aliphatic heterocycles. The van der Waals surface area contributed by atoms with Crippen LogP contribution in [0, 0.1) is 0 Å². The number of amides is 1. The second-order valence-corrected chi connectivity index (χ2v) is 8.51. The van der Waals surface area contributed by atoms with Gasteiger partial charge in [-0.15, -0.1) is 0 Å². The zero-order valence-corrected chi connectivity index (χ0v) is 15.6. The van der Waals surface area contributed by atoms with Crippen LogP contribution in [0.4, 0.5) is 0 Å². The summed E-state index contributed by atoms with van der Waals surface area (Å²) in [4.78, 5) is 14.3. The maximum absolute atomic E-state index is 13.2. The van der Waals surface area contributed by atoms with E-state index in [0.717, 1.165) is 25.7 Å². The largest absolute Gasteiger partial charge is 0.492 e. The van der Waals surface area contributed by atoms with Crippen molar-refractivity contribution in [2.24, 2.45) is 0 Å². The molecule has 0 aromatic heterocycles. The first-order valence-corrected chi connectivity index (χ1v) is 10.2. The van der Waals surface area contributed by atoms with Crippen molar-refractivity contribution in [1.29, 1.82) is 0 Å². The fourth-order valence-electron chi connectivity index (χ4n) is 3.95. The molecule has 9 heteroatoms. The van der Waals surface area contributed by atoms with Gasteiger partial charge in [-0.3, -0.25) is 4.79 Å². The van der Waals surface area contributed by atoms with Crippen molar-refractivity contribution >= 4 is 15.9 Å². The molecule has 1 amide bonds. The minimum absolute atomic E-state index is 0.0224. The molecule has 0 atom stereocenters. The monoisotopic (exact) mass is 382 g/mol. The Kier molecular flexibility index (Phi) is 4.23. The van der Waals surface area contributed by atoms with Gasteiger partial charge >= 0.3 is 0 Å². The third kappa shape index (κ3) is 2.61. The summed E-state index contributed by atoms with van der Waals surface area (Å²) in [5.41, 5.74) is 0.692. The van der Waals surface area contributed by atoms with Gasteiger partial charge in [0.1, 0.15) is 4.90 Å². The number of nitrogens with zero attached hydrogens (tertiary/aromatic N) is 1. The third-order valence-corrected chi connectivity index (χ3v) is 6.85. The lowest BCUT2D eigenvalue weighted by Crippen LogP contribution is -2.38. The molecule has 2 heterocycles. The average Bonchev–Trinajstić information content (AvgIpc) is 3.27. The fourth-order valence-corrected chi connectivity index (χ4v) is 5.67. The van der Waals surface area contributed by atoms with Crippen molar-refractivity contribution in [3.63, 3.8) is 0 Å². The molecule has 1 aliphatic carbocycles. The first-order chi connectivity index (χ1) is 12.4. The zero-order valence-electron chi connectivity index (χ0n) is 14.8. The molecule has 0 unspecified atom stereocenters. The highest BCUT2D eigenvalue weighted by Crippen LogP contribution is 2.51. The summed E-state index contributed by atoms with van der Waals surface area (Å²) < 4.78 is 45.6. The molecule has 0 radical (unpaired) electrons. The van der Waals surface area contributed by atoms with E-state index in [1.54, 1.807) is 11.9 Å². The maximum Gasteiger partial charge on any atom is 0.257 e. The molecule has 4 rings (SSSR count). The fraction of sp³-hybridized carbons (Fsp3) is 0.588. The minimum Gasteiger partial charge on any atom is -0.492 e. The van der Waals surface area contributed by atoms with Crippen LogP contribution in [0.5, 0.6) is 17.2 Å². The lowest BCUT2D eigenvalue weighted by Gasteiger charge is -2.29. The first-order valence-electron chi connectivity index (χ1n) is 8.74. The first kappa shape index (κ1) is 17.4. The van der Waals surface area contributed by atoms with Gasteiger partial charge in [0.2, 0.25) is 22.6 Å². The summed E-state index contributed by atoms with van der Waals surface area (Å²) >= 11 is 0. The zero-order chi connectivity index (χ0) is 18.5. The van der Waals surface area contributed by atoms with Gasteiger partial charge in [0.15, 0.2) is 11.5 Å². The molecule has 3 aliphatic rings. The Morgan fingerprint density at radius 2 is 1.88 bits per heavy atom. The predicted octanol–water partition coefficient (Wildman–Crippen LogP) is 1.27. The number of hydrogen-bond acceptors (Lipinski definition) is 6. The van der Waals surface area contributed by atoms with Gasteiger partial charge in [0.05, 0.1) is 12.7 Å². The molecule has 26 heavy (non-hydrogen) atoms. The van der Waals surface area contributed by atoms with Gasteiger partial charge in [-0.2, -0.15) is 0 Å². The quantitative estimate of drug-likeness (QED) is 0.843. The summed E-state index contributed by atoms with van der Waals surface area (Å²) in [6.07, 6.45) is 4.06. The maximum atomic E-state index is 13.2. The van der Waals surface area contributed by atoms with Gasteiger partial charge in [-0.05, 0) is 24.8 Å². The lowest BCUT2D eigenvalue weighted by molar-refractivity contribution is 0.0775. The number of carbonyl (C=O) groups is 1. The molecule has 8 nitrogen and oxygen atoms in total. The Hall–Kier alpha value is -2.00. The number of rotatable bonds is 4. The Morgan fingerprint density at radius 1 is 1.19 bits per heavy atom. The van der Waals surface area contributed by atoms with Crippen LogP contribution in [0.15, 0.2) is 4.90 Å². The highest BCUT2D eigenvalue weighted by atomic mass is 32.2. The van der Waals surface area contributed by atoms with Gasteiger partial charge in [0, 0.05) is 19.6 Å². The number of sulfonamides is 1. The van der Waals surface area contributed by atoms with E-state index >= 15 is 0 Å². The molecule has 1 aromatic carbocycles. The molecule has 0 bridgehead atoms. The highest BCUT2D eigenvalue weighted by Gasteiger charge is 2.41. The van der Waals surface area contributed by atoms with Crippen LogP contribution < -0.4 is 18.9 Å². The van der Waals surface area contributed by atoms with E-state index in [1.807, 2.05) is 0 Å². The molecular formula is C17H22N2O6S. The molecule has 1 saturated carbocycles. The molecule has 1 fully saturated rings. The van der Waals surface area contributed by atoms with Crippen molar-refractivity contribution < 1.29 is 27.4 Å². The summed E-state index contributed by atoms with van der Waals surface area (Å²) in [6, 6.07) is -0.0855. The molecular weight excluding hydrogens is 360 g/mol. The molecule has 1 N–H and O–H groups in total. The summed E-state index contributed by atoms with van der Waals surface area (Å²) in [6.45, 7) is 0.325. The number of carbonyl (C=O) groups excluding carboxylic acids is 1. The highest BCUT2D eigenvalue weighted by molar-refractivity contribution is 7.89. The van der Waals surface area contributed by atoms with Gasteiger partial charge in [0.25, 0.3) is 5.91 Å². The smallest absolute Gasteiger partial charge is 0.257 e. The third-order valence-electron chi connectivity index (χ3n) is 5.24. The molecule has 0 spiro atoms. The average molecular weight is 382 g/mol. The number of nitrogens with one attached hydrogen (secondary N) is 1. The van der Waals surface area contributed by atoms with Crippen molar-refractivity contribution in [1.82, 2.24) is 9.62 Å². The van der Waals surface area contributed by atoms with E-state index in [1.165, 1.54) is 7.11 Å². The SMILES string of the molecule is COc1c2c(c(S(=O)(=O)NC3CCCC3)c3c1C(=O)N(C)CC3)OCO2. The molecule has 0 saturated heterocycles. The van der Waals surface area contributed by atoms with E-state index in [9.17, 15) is 13.2 Å². The van der Waals surface area contributed by atoms with E-state index in [2.05, 4.69) is 4.72 Å². The van der Waals surface area contributed by atoms with E-state index in [-0.39, 0.29) is 46.4 Å². The summed E-state index contributed by atoms with van der Waals surface area (Å²) in [5, 5.41) is 0. The number of likely N-dealkylation sites (N-methyl/N-ethyl adjacent to an activating group) is 1. The number of benzene rings is 1. The van der Waals surface area contributed by atoms with E-state index in [4.69, 9.17) is 14.2 Å². The van der Waals surface area contributed by atoms with Gasteiger partial charge in [-0.25, -0.2) is 13.1 Å². The van der Waals surface area contributed by atoms with Crippen molar-refractivity contribution in [3.8, 4) is 17.2 Å². The van der Waals surface area contributed by atoms with Gasteiger partial charge < -0.3 is 19.1 Å². The molecule has 142 valence electrons. The van der Waals surface area contributed by atoms with Crippen LogP contribution in [0.1, 0.15) is 41.6 Å². The van der Waals surface area contributed by atoms with Crippen LogP contribution in [0.3, 0.4) is 0 Å². The standard InChI is InChI=1S/C17H22N2O6S/c1-19-8-7-11-12(17(19)20)13(23-2)14-15(25-9-24-14)16(11)26(21,22)18-10-5-3-4-6-10/h10,18H,3-9H2,1-2H3. The van der Waals surface area contributed by atoms with Crippen molar-refractivity contribution in [2.45, 2.75) is 43.0 Å². The summed E-state index contributed by atoms with van der Waals surface area (Å²) in [5.74, 6) is 0.285. The number of fused-ring (bicyclic) bond motifs is 2. The number of ether oxygens (including phenoxy) is 3. The van der Waals surface area contributed by atoms with Gasteiger partial charge in [-0.1, -0.05) is 12.8 Å². The van der Waals surface area contributed by atoms with E-state index < -0.39 is 10.0 Å². The number of hydrogen-bond donors (Lipinski definition) is 1. The Labute approximate surface area is 152 Å². The van der Waals surface area contributed by atoms with Crippen molar-refractivity contribution in [3.05, 3.63) is 11.1 Å². The minimum atomic E-state index is -3.86. The second-order valence-electron chi connectivity index (χ2n) is 6.86. The summed E-state index contributed by atoms with van der Waals surface area (Å²) in [7, 11) is -0.742. The van der Waals surface area contributed by atoms with Crippen molar-refractivity contribution in [2.75, 3.05) is 27.5 Å². The Morgan fingerprint density at radius 3 is 2.58 bits per heavy atom. The van der Waals surface area contributed by atoms with Crippen LogP contribution >= 0.6 is 0 Å².